The average molecular weight is 275 g/mol. The number of carbonyl (C=O) groups is 1. The van der Waals surface area contributed by atoms with Gasteiger partial charge in [0.05, 0.1) is 10.6 Å². The van der Waals surface area contributed by atoms with Gasteiger partial charge >= 0.3 is 0 Å². The zero-order valence-corrected chi connectivity index (χ0v) is 11.7. The van der Waals surface area contributed by atoms with Gasteiger partial charge in [0.15, 0.2) is 0 Å². The number of nitro groups is 1. The van der Waals surface area contributed by atoms with Crippen LogP contribution in [0, 0.1) is 24.0 Å². The Balaban J connectivity index is 2.27. The zero-order chi connectivity index (χ0) is 14.9. The van der Waals surface area contributed by atoms with Crippen LogP contribution in [0.5, 0.6) is 0 Å². The van der Waals surface area contributed by atoms with Gasteiger partial charge in [-0.15, -0.1) is 0 Å². The van der Waals surface area contributed by atoms with E-state index >= 15 is 0 Å². The molecule has 0 spiro atoms. The maximum atomic E-state index is 12.1. The van der Waals surface area contributed by atoms with Crippen LogP contribution >= 0.6 is 0 Å². The van der Waals surface area contributed by atoms with Crippen molar-refractivity contribution in [1.29, 1.82) is 0 Å². The van der Waals surface area contributed by atoms with Gasteiger partial charge in [-0.3, -0.25) is 14.9 Å². The van der Waals surface area contributed by atoms with E-state index in [-0.39, 0.29) is 11.6 Å². The Bertz CT molecular complexity index is 614. The number of nitro benzene ring substituents is 1. The Kier molecular flexibility index (Phi) is 3.85. The van der Waals surface area contributed by atoms with Gasteiger partial charge in [0.25, 0.3) is 11.6 Å². The molecule has 0 radical (unpaired) electrons. The molecular weight excluding hydrogens is 258 g/mol. The summed E-state index contributed by atoms with van der Waals surface area (Å²) < 4.78 is 0. The highest BCUT2D eigenvalue weighted by atomic mass is 16.6. The summed E-state index contributed by atoms with van der Waals surface area (Å²) in [5.74, 6) is -0.206. The third-order valence-corrected chi connectivity index (χ3v) is 3.54. The Morgan fingerprint density at radius 3 is 2.45 bits per heavy atom. The molecule has 2 rings (SSSR count). The highest BCUT2D eigenvalue weighted by Gasteiger charge is 2.18. The van der Waals surface area contributed by atoms with Crippen molar-refractivity contribution in [3.05, 3.63) is 44.5 Å². The normalized spacial score (nSPS) is 13.7. The molecule has 2 N–H and O–H groups in total. The van der Waals surface area contributed by atoms with Gasteiger partial charge in [-0.05, 0) is 38.0 Å². The molecule has 1 amide bonds. The fraction of sp³-hybridized carbons (Fsp3) is 0.357. The summed E-state index contributed by atoms with van der Waals surface area (Å²) in [7, 11) is 0. The number of rotatable bonds is 3. The Morgan fingerprint density at radius 1 is 1.30 bits per heavy atom. The van der Waals surface area contributed by atoms with Crippen LogP contribution in [0.4, 0.5) is 11.4 Å². The van der Waals surface area contributed by atoms with Crippen LogP contribution in [0.15, 0.2) is 23.3 Å². The molecule has 0 aliphatic carbocycles. The molecule has 0 bridgehead atoms. The third-order valence-electron chi connectivity index (χ3n) is 3.54. The van der Waals surface area contributed by atoms with Gasteiger partial charge in [0.1, 0.15) is 0 Å². The fourth-order valence-electron chi connectivity index (χ4n) is 2.06. The van der Waals surface area contributed by atoms with Crippen molar-refractivity contribution in [3.63, 3.8) is 0 Å². The maximum Gasteiger partial charge on any atom is 0.274 e. The molecule has 1 aliphatic heterocycles. The van der Waals surface area contributed by atoms with E-state index in [1.54, 1.807) is 19.9 Å². The first-order valence-electron chi connectivity index (χ1n) is 6.36. The number of amides is 1. The predicted octanol–water partition coefficient (Wildman–Crippen LogP) is 2.07. The molecule has 1 aromatic rings. The molecule has 1 aliphatic rings. The molecule has 0 saturated carbocycles. The largest absolute Gasteiger partial charge is 0.322 e. The highest BCUT2D eigenvalue weighted by molar-refractivity contribution is 6.04. The van der Waals surface area contributed by atoms with E-state index in [0.29, 0.717) is 16.8 Å². The lowest BCUT2D eigenvalue weighted by molar-refractivity contribution is -0.385. The van der Waals surface area contributed by atoms with E-state index in [1.807, 2.05) is 6.92 Å². The monoisotopic (exact) mass is 275 g/mol. The fourth-order valence-corrected chi connectivity index (χ4v) is 2.06. The second kappa shape index (κ2) is 5.42. The number of nitrogens with one attached hydrogen (secondary N) is 2. The summed E-state index contributed by atoms with van der Waals surface area (Å²) in [4.78, 5) is 22.6. The first kappa shape index (κ1) is 14.2. The lowest BCUT2D eigenvalue weighted by Crippen LogP contribution is -2.36. The van der Waals surface area contributed by atoms with Crippen LogP contribution in [0.3, 0.4) is 0 Å². The molecule has 0 unspecified atom stereocenters. The lowest BCUT2D eigenvalue weighted by atomic mass is 10.0. The number of hydrogen-bond donors (Lipinski definition) is 2. The summed E-state index contributed by atoms with van der Waals surface area (Å²) in [5.41, 5.74) is 3.64. The van der Waals surface area contributed by atoms with Crippen molar-refractivity contribution in [3.8, 4) is 0 Å². The summed E-state index contributed by atoms with van der Waals surface area (Å²) in [6, 6.07) is 3.13. The third kappa shape index (κ3) is 2.70. The molecule has 1 heterocycles. The standard InChI is InChI=1S/C14H17N3O3/c1-8-4-9(2)13(17(19)20)5-12(8)16-14(18)10(3)11-6-15-7-11/h4-5,15H,6-7H2,1-3H3,(H,16,18). The van der Waals surface area contributed by atoms with Gasteiger partial charge in [-0.2, -0.15) is 0 Å². The van der Waals surface area contributed by atoms with E-state index in [9.17, 15) is 14.9 Å². The van der Waals surface area contributed by atoms with Gasteiger partial charge in [0, 0.05) is 30.3 Å². The Morgan fingerprint density at radius 2 is 1.95 bits per heavy atom. The summed E-state index contributed by atoms with van der Waals surface area (Å²) in [6.07, 6.45) is 0. The van der Waals surface area contributed by atoms with E-state index in [2.05, 4.69) is 10.6 Å². The first-order chi connectivity index (χ1) is 9.40. The summed E-state index contributed by atoms with van der Waals surface area (Å²) >= 11 is 0. The van der Waals surface area contributed by atoms with Crippen LogP contribution < -0.4 is 10.6 Å². The molecule has 0 aromatic heterocycles. The van der Waals surface area contributed by atoms with Gasteiger partial charge < -0.3 is 10.6 Å². The molecule has 1 fully saturated rings. The van der Waals surface area contributed by atoms with Crippen LogP contribution in [-0.2, 0) is 4.79 Å². The SMILES string of the molecule is CC(C(=O)Nc1cc([N+](=O)[O-])c(C)cc1C)=C1CNC1. The second-order valence-corrected chi connectivity index (χ2v) is 5.00. The molecule has 106 valence electrons. The smallest absolute Gasteiger partial charge is 0.274 e. The van der Waals surface area contributed by atoms with Gasteiger partial charge in [-0.1, -0.05) is 0 Å². The number of benzene rings is 1. The number of aryl methyl sites for hydroxylation is 2. The van der Waals surface area contributed by atoms with Crippen LogP contribution in [0.25, 0.3) is 0 Å². The molecule has 0 atom stereocenters. The van der Waals surface area contributed by atoms with E-state index in [4.69, 9.17) is 0 Å². The lowest BCUT2D eigenvalue weighted by Gasteiger charge is -2.21. The molecule has 6 heteroatoms. The molecule has 20 heavy (non-hydrogen) atoms. The van der Waals surface area contributed by atoms with E-state index < -0.39 is 4.92 Å². The van der Waals surface area contributed by atoms with Crippen LogP contribution in [0.1, 0.15) is 18.1 Å². The van der Waals surface area contributed by atoms with Crippen molar-refractivity contribution in [1.82, 2.24) is 5.32 Å². The molecule has 1 saturated heterocycles. The molecule has 6 nitrogen and oxygen atoms in total. The first-order valence-corrected chi connectivity index (χ1v) is 6.36. The zero-order valence-electron chi connectivity index (χ0n) is 11.7. The van der Waals surface area contributed by atoms with Gasteiger partial charge in [-0.25, -0.2) is 0 Å². The predicted molar refractivity (Wildman–Crippen MR) is 76.8 cm³/mol. The number of anilines is 1. The molecule has 1 aromatic carbocycles. The summed E-state index contributed by atoms with van der Waals surface area (Å²) in [6.45, 7) is 6.73. The topological polar surface area (TPSA) is 84.3 Å². The number of nitrogens with zero attached hydrogens (tertiary/aromatic N) is 1. The van der Waals surface area contributed by atoms with Crippen molar-refractivity contribution in [2.24, 2.45) is 0 Å². The van der Waals surface area contributed by atoms with Crippen molar-refractivity contribution >= 4 is 17.3 Å². The van der Waals surface area contributed by atoms with Crippen molar-refractivity contribution < 1.29 is 9.72 Å². The number of carbonyl (C=O) groups excluding carboxylic acids is 1. The number of hydrogen-bond acceptors (Lipinski definition) is 4. The van der Waals surface area contributed by atoms with E-state index in [0.717, 1.165) is 24.2 Å². The summed E-state index contributed by atoms with van der Waals surface area (Å²) in [5, 5.41) is 16.8. The quantitative estimate of drug-likeness (QED) is 0.502. The average Bonchev–Trinajstić information content (AvgIpc) is 2.29. The van der Waals surface area contributed by atoms with Gasteiger partial charge in [0.2, 0.25) is 0 Å². The van der Waals surface area contributed by atoms with Crippen molar-refractivity contribution in [2.75, 3.05) is 18.4 Å². The minimum atomic E-state index is -0.439. The van der Waals surface area contributed by atoms with Crippen LogP contribution in [0.2, 0.25) is 0 Å². The Labute approximate surface area is 117 Å². The van der Waals surface area contributed by atoms with E-state index in [1.165, 1.54) is 6.07 Å². The second-order valence-electron chi connectivity index (χ2n) is 5.00. The Hall–Kier alpha value is -2.21. The minimum Gasteiger partial charge on any atom is -0.322 e. The minimum absolute atomic E-state index is 0.0153. The highest BCUT2D eigenvalue weighted by Crippen LogP contribution is 2.26. The molecular formula is C14H17N3O3. The van der Waals surface area contributed by atoms with Crippen molar-refractivity contribution in [2.45, 2.75) is 20.8 Å². The maximum absolute atomic E-state index is 12.1. The van der Waals surface area contributed by atoms with Crippen LogP contribution in [-0.4, -0.2) is 23.9 Å².